The Balaban J connectivity index is 0.00000280. The van der Waals surface area contributed by atoms with E-state index in [4.69, 9.17) is 4.99 Å². The summed E-state index contributed by atoms with van der Waals surface area (Å²) in [6.45, 7) is 5.64. The Morgan fingerprint density at radius 1 is 1.04 bits per heavy atom. The number of rotatable bonds is 7. The van der Waals surface area contributed by atoms with Gasteiger partial charge in [0.1, 0.15) is 0 Å². The maximum absolute atomic E-state index is 4.75. The minimum absolute atomic E-state index is 0. The van der Waals surface area contributed by atoms with Gasteiger partial charge in [0, 0.05) is 17.9 Å². The van der Waals surface area contributed by atoms with E-state index in [1.54, 1.807) is 0 Å². The lowest BCUT2D eigenvalue weighted by atomic mass is 10.1. The average molecular weight is 489 g/mol. The monoisotopic (exact) mass is 489 g/mol. The fraction of sp³-hybridized carbons (Fsp3) is 0.273. The quantitative estimate of drug-likeness (QED) is 0.193. The standard InChI is InChI=1S/C22H27N5.HI/c1-17-10-12-19(13-11-17)15-24-22(26-21-8-4-3-5-9-21)23-14-6-7-20-16-25-27-18(20)2;/h3-5,8-13,16H,6-7,14-15H2,1-2H3,(H,25,27)(H2,23,24,26);1H. The average Bonchev–Trinajstić information content (AvgIpc) is 3.10. The van der Waals surface area contributed by atoms with E-state index >= 15 is 0 Å². The summed E-state index contributed by atoms with van der Waals surface area (Å²) in [7, 11) is 0. The van der Waals surface area contributed by atoms with Crippen molar-refractivity contribution in [1.29, 1.82) is 0 Å². The molecule has 5 nitrogen and oxygen atoms in total. The van der Waals surface area contributed by atoms with Gasteiger partial charge < -0.3 is 10.6 Å². The van der Waals surface area contributed by atoms with Crippen LogP contribution in [-0.4, -0.2) is 22.7 Å². The van der Waals surface area contributed by atoms with E-state index in [1.165, 1.54) is 16.7 Å². The summed E-state index contributed by atoms with van der Waals surface area (Å²) in [5, 5.41) is 13.9. The molecule has 0 fully saturated rings. The molecule has 0 saturated heterocycles. The molecule has 0 bridgehead atoms. The summed E-state index contributed by atoms with van der Waals surface area (Å²) in [5.41, 5.74) is 5.90. The number of anilines is 1. The molecular weight excluding hydrogens is 461 g/mol. The van der Waals surface area contributed by atoms with Crippen LogP contribution in [-0.2, 0) is 13.0 Å². The molecule has 3 N–H and O–H groups in total. The first-order chi connectivity index (χ1) is 13.2. The lowest BCUT2D eigenvalue weighted by Crippen LogP contribution is -2.32. The van der Waals surface area contributed by atoms with Crippen molar-refractivity contribution in [1.82, 2.24) is 15.5 Å². The summed E-state index contributed by atoms with van der Waals surface area (Å²) < 4.78 is 0. The summed E-state index contributed by atoms with van der Waals surface area (Å²) >= 11 is 0. The number of nitrogens with one attached hydrogen (secondary N) is 3. The third kappa shape index (κ3) is 6.99. The number of aromatic amines is 1. The predicted octanol–water partition coefficient (Wildman–Crippen LogP) is 4.84. The van der Waals surface area contributed by atoms with Crippen LogP contribution >= 0.6 is 24.0 Å². The molecule has 1 heterocycles. The maximum atomic E-state index is 4.75. The van der Waals surface area contributed by atoms with Gasteiger partial charge >= 0.3 is 0 Å². The van der Waals surface area contributed by atoms with Gasteiger partial charge in [-0.15, -0.1) is 24.0 Å². The highest BCUT2D eigenvalue weighted by molar-refractivity contribution is 14.0. The van der Waals surface area contributed by atoms with E-state index in [0.29, 0.717) is 6.54 Å². The highest BCUT2D eigenvalue weighted by atomic mass is 127. The Morgan fingerprint density at radius 3 is 2.46 bits per heavy atom. The fourth-order valence-corrected chi connectivity index (χ4v) is 2.77. The van der Waals surface area contributed by atoms with Crippen LogP contribution in [0, 0.1) is 13.8 Å². The molecule has 3 aromatic rings. The molecule has 6 heteroatoms. The van der Waals surface area contributed by atoms with Crippen molar-refractivity contribution in [2.24, 2.45) is 4.99 Å². The smallest absolute Gasteiger partial charge is 0.196 e. The van der Waals surface area contributed by atoms with E-state index in [1.807, 2.05) is 36.5 Å². The largest absolute Gasteiger partial charge is 0.356 e. The van der Waals surface area contributed by atoms with E-state index in [2.05, 4.69) is 58.9 Å². The number of benzene rings is 2. The number of aliphatic imine (C=N–C) groups is 1. The molecule has 2 aromatic carbocycles. The van der Waals surface area contributed by atoms with Crippen LogP contribution in [0.1, 0.15) is 28.8 Å². The van der Waals surface area contributed by atoms with Crippen molar-refractivity contribution in [3.8, 4) is 0 Å². The van der Waals surface area contributed by atoms with Gasteiger partial charge in [0.05, 0.1) is 12.7 Å². The molecule has 0 atom stereocenters. The number of aryl methyl sites for hydroxylation is 3. The van der Waals surface area contributed by atoms with Gasteiger partial charge in [0.15, 0.2) is 5.96 Å². The van der Waals surface area contributed by atoms with Crippen molar-refractivity contribution in [2.75, 3.05) is 11.9 Å². The first-order valence-corrected chi connectivity index (χ1v) is 9.35. The van der Waals surface area contributed by atoms with Crippen molar-refractivity contribution < 1.29 is 0 Å². The summed E-state index contributed by atoms with van der Waals surface area (Å²) in [6.07, 6.45) is 3.91. The second-order valence-corrected chi connectivity index (χ2v) is 6.69. The number of hydrogen-bond donors (Lipinski definition) is 3. The first-order valence-electron chi connectivity index (χ1n) is 9.35. The zero-order valence-electron chi connectivity index (χ0n) is 16.4. The molecule has 148 valence electrons. The topological polar surface area (TPSA) is 65.1 Å². The molecule has 0 aliphatic rings. The Labute approximate surface area is 184 Å². The van der Waals surface area contributed by atoms with Crippen LogP contribution < -0.4 is 10.6 Å². The highest BCUT2D eigenvalue weighted by Gasteiger charge is 2.03. The number of H-pyrrole nitrogens is 1. The number of guanidine groups is 1. The van der Waals surface area contributed by atoms with Crippen LogP contribution in [0.15, 0.2) is 65.8 Å². The summed E-state index contributed by atoms with van der Waals surface area (Å²) in [6, 6.07) is 18.6. The van der Waals surface area contributed by atoms with Crippen LogP contribution in [0.5, 0.6) is 0 Å². The third-order valence-corrected chi connectivity index (χ3v) is 4.43. The van der Waals surface area contributed by atoms with Crippen molar-refractivity contribution in [3.05, 3.63) is 83.2 Å². The maximum Gasteiger partial charge on any atom is 0.196 e. The summed E-state index contributed by atoms with van der Waals surface area (Å²) in [5.74, 6) is 0.797. The minimum atomic E-state index is 0. The number of nitrogens with zero attached hydrogens (tertiary/aromatic N) is 2. The lowest BCUT2D eigenvalue weighted by molar-refractivity contribution is 0.766. The Bertz CT molecular complexity index is 856. The van der Waals surface area contributed by atoms with E-state index in [0.717, 1.165) is 36.7 Å². The van der Waals surface area contributed by atoms with Crippen LogP contribution in [0.25, 0.3) is 0 Å². The molecular formula is C22H28IN5. The molecule has 28 heavy (non-hydrogen) atoms. The highest BCUT2D eigenvalue weighted by Crippen LogP contribution is 2.08. The normalized spacial score (nSPS) is 11.0. The molecule has 1 aromatic heterocycles. The Kier molecular flexibility index (Phi) is 9.00. The van der Waals surface area contributed by atoms with Gasteiger partial charge in [-0.25, -0.2) is 4.99 Å². The van der Waals surface area contributed by atoms with Gasteiger partial charge in [0.25, 0.3) is 0 Å². The molecule has 0 saturated carbocycles. The first kappa shape index (κ1) is 21.9. The lowest BCUT2D eigenvalue weighted by Gasteiger charge is -2.13. The molecule has 0 radical (unpaired) electrons. The number of para-hydroxylation sites is 1. The fourth-order valence-electron chi connectivity index (χ4n) is 2.77. The summed E-state index contributed by atoms with van der Waals surface area (Å²) in [4.78, 5) is 4.75. The van der Waals surface area contributed by atoms with Crippen molar-refractivity contribution >= 4 is 35.6 Å². The van der Waals surface area contributed by atoms with Gasteiger partial charge in [-0.2, -0.15) is 5.10 Å². The number of halogens is 1. The van der Waals surface area contributed by atoms with Gasteiger partial charge in [-0.1, -0.05) is 48.0 Å². The van der Waals surface area contributed by atoms with Crippen LogP contribution in [0.2, 0.25) is 0 Å². The SMILES string of the molecule is Cc1ccc(CN=C(NCCCc2cn[nH]c2C)Nc2ccccc2)cc1.I. The van der Waals surface area contributed by atoms with E-state index < -0.39 is 0 Å². The zero-order chi connectivity index (χ0) is 18.9. The minimum Gasteiger partial charge on any atom is -0.356 e. The second kappa shape index (κ2) is 11.5. The Morgan fingerprint density at radius 2 is 1.79 bits per heavy atom. The van der Waals surface area contributed by atoms with Gasteiger partial charge in [0.2, 0.25) is 0 Å². The zero-order valence-corrected chi connectivity index (χ0v) is 18.7. The van der Waals surface area contributed by atoms with Crippen molar-refractivity contribution in [2.45, 2.75) is 33.2 Å². The predicted molar refractivity (Wildman–Crippen MR) is 127 cm³/mol. The Hall–Kier alpha value is -2.35. The van der Waals surface area contributed by atoms with Crippen molar-refractivity contribution in [3.63, 3.8) is 0 Å². The molecule has 0 spiro atoms. The van der Waals surface area contributed by atoms with Gasteiger partial charge in [-0.3, -0.25) is 5.10 Å². The molecule has 0 unspecified atom stereocenters. The van der Waals surface area contributed by atoms with E-state index in [-0.39, 0.29) is 24.0 Å². The number of aromatic nitrogens is 2. The van der Waals surface area contributed by atoms with Gasteiger partial charge in [-0.05, 0) is 49.9 Å². The molecule has 3 rings (SSSR count). The molecule has 0 aliphatic carbocycles. The molecule has 0 amide bonds. The van der Waals surface area contributed by atoms with Crippen LogP contribution in [0.3, 0.4) is 0 Å². The molecule has 0 aliphatic heterocycles. The third-order valence-electron chi connectivity index (χ3n) is 4.43. The second-order valence-electron chi connectivity index (χ2n) is 6.69. The van der Waals surface area contributed by atoms with Crippen LogP contribution in [0.4, 0.5) is 5.69 Å². The van der Waals surface area contributed by atoms with E-state index in [9.17, 15) is 0 Å². The number of hydrogen-bond acceptors (Lipinski definition) is 2.